The van der Waals surface area contributed by atoms with Gasteiger partial charge in [0, 0.05) is 5.69 Å². The lowest BCUT2D eigenvalue weighted by Gasteiger charge is -2.29. The van der Waals surface area contributed by atoms with Gasteiger partial charge in [0.2, 0.25) is 5.91 Å². The summed E-state index contributed by atoms with van der Waals surface area (Å²) in [6.45, 7) is 3.73. The molecule has 0 atom stereocenters. The molecule has 1 aromatic carbocycles. The lowest BCUT2D eigenvalue weighted by molar-refractivity contribution is -0.143. The average Bonchev–Trinajstić information content (AvgIpc) is 2.47. The van der Waals surface area contributed by atoms with Crippen LogP contribution >= 0.6 is 12.4 Å². The third kappa shape index (κ3) is 5.31. The van der Waals surface area contributed by atoms with E-state index in [-0.39, 0.29) is 24.2 Å². The van der Waals surface area contributed by atoms with Crippen molar-refractivity contribution in [3.05, 3.63) is 29.8 Å². The van der Waals surface area contributed by atoms with E-state index in [1.54, 1.807) is 0 Å². The van der Waals surface area contributed by atoms with Crippen LogP contribution in [0.25, 0.3) is 0 Å². The molecule has 1 saturated heterocycles. The normalized spacial score (nSPS) is 15.9. The molecule has 0 unspecified atom stereocenters. The van der Waals surface area contributed by atoms with Gasteiger partial charge in [-0.2, -0.15) is 0 Å². The predicted octanol–water partition coefficient (Wildman–Crippen LogP) is 2.41. The summed E-state index contributed by atoms with van der Waals surface area (Å²) in [4.78, 5) is 24.9. The smallest absolute Gasteiger partial charge is 0.306 e. The van der Waals surface area contributed by atoms with Crippen LogP contribution in [0.15, 0.2) is 24.3 Å². The zero-order valence-corrected chi connectivity index (χ0v) is 13.6. The molecule has 22 heavy (non-hydrogen) atoms. The minimum Gasteiger partial charge on any atom is -0.481 e. The molecule has 0 spiro atoms. The van der Waals surface area contributed by atoms with E-state index in [4.69, 9.17) is 5.11 Å². The number of carbonyl (C=O) groups excluding carboxylic acids is 1. The number of hydrogen-bond donors (Lipinski definition) is 2. The van der Waals surface area contributed by atoms with E-state index in [1.807, 2.05) is 29.2 Å². The highest BCUT2D eigenvalue weighted by molar-refractivity contribution is 5.92. The molecule has 0 aromatic heterocycles. The van der Waals surface area contributed by atoms with Crippen molar-refractivity contribution in [1.82, 2.24) is 4.90 Å². The Labute approximate surface area is 137 Å². The zero-order valence-electron chi connectivity index (χ0n) is 12.7. The number of halogens is 1. The number of hydrogen-bond acceptors (Lipinski definition) is 3. The number of aryl methyl sites for hydroxylation is 1. The Morgan fingerprint density at radius 2 is 2.00 bits per heavy atom. The van der Waals surface area contributed by atoms with Crippen LogP contribution < -0.4 is 5.32 Å². The van der Waals surface area contributed by atoms with Crippen LogP contribution in [0, 0.1) is 5.92 Å². The fourth-order valence-electron chi connectivity index (χ4n) is 2.61. The van der Waals surface area contributed by atoms with Crippen molar-refractivity contribution < 1.29 is 14.7 Å². The van der Waals surface area contributed by atoms with Crippen LogP contribution in [-0.4, -0.2) is 41.5 Å². The van der Waals surface area contributed by atoms with Crippen LogP contribution in [0.3, 0.4) is 0 Å². The standard InChI is InChI=1S/C16H22N2O3.ClH/c1-2-12-4-3-5-14(10-12)17-15(19)11-18-8-6-13(7-9-18)16(20)21;/h3-5,10,13H,2,6-9,11H2,1H3,(H,17,19)(H,20,21);1H. The molecule has 0 radical (unpaired) electrons. The lowest BCUT2D eigenvalue weighted by Crippen LogP contribution is -2.40. The predicted molar refractivity (Wildman–Crippen MR) is 88.5 cm³/mol. The number of carbonyl (C=O) groups is 2. The quantitative estimate of drug-likeness (QED) is 0.871. The Morgan fingerprint density at radius 1 is 1.32 bits per heavy atom. The first kappa shape index (κ1) is 18.5. The highest BCUT2D eigenvalue weighted by Crippen LogP contribution is 2.17. The molecular weight excluding hydrogens is 304 g/mol. The van der Waals surface area contributed by atoms with Gasteiger partial charge in [0.1, 0.15) is 0 Å². The van der Waals surface area contributed by atoms with Gasteiger partial charge < -0.3 is 10.4 Å². The molecule has 1 aromatic rings. The molecule has 0 aliphatic carbocycles. The Bertz CT molecular complexity index is 514. The van der Waals surface area contributed by atoms with Crippen LogP contribution in [0.2, 0.25) is 0 Å². The molecule has 0 saturated carbocycles. The number of carboxylic acid groups (broad SMARTS) is 1. The second kappa shape index (κ2) is 8.76. The van der Waals surface area contributed by atoms with Gasteiger partial charge in [-0.1, -0.05) is 19.1 Å². The highest BCUT2D eigenvalue weighted by Gasteiger charge is 2.25. The summed E-state index contributed by atoms with van der Waals surface area (Å²) in [6.07, 6.45) is 2.17. The first-order chi connectivity index (χ1) is 10.1. The van der Waals surface area contributed by atoms with Crippen LogP contribution in [0.1, 0.15) is 25.3 Å². The summed E-state index contributed by atoms with van der Waals surface area (Å²) in [7, 11) is 0. The Morgan fingerprint density at radius 3 is 2.59 bits per heavy atom. The van der Waals surface area contributed by atoms with E-state index in [1.165, 1.54) is 5.56 Å². The van der Waals surface area contributed by atoms with Gasteiger partial charge in [-0.05, 0) is 50.0 Å². The molecule has 2 rings (SSSR count). The number of piperidine rings is 1. The van der Waals surface area contributed by atoms with Crippen molar-refractivity contribution in [2.45, 2.75) is 26.2 Å². The van der Waals surface area contributed by atoms with E-state index in [2.05, 4.69) is 12.2 Å². The van der Waals surface area contributed by atoms with E-state index in [0.717, 1.165) is 12.1 Å². The van der Waals surface area contributed by atoms with Gasteiger partial charge in [0.05, 0.1) is 12.5 Å². The monoisotopic (exact) mass is 326 g/mol. The van der Waals surface area contributed by atoms with E-state index >= 15 is 0 Å². The Balaban J connectivity index is 0.00000242. The molecule has 0 bridgehead atoms. The summed E-state index contributed by atoms with van der Waals surface area (Å²) in [5, 5.41) is 11.9. The fraction of sp³-hybridized carbons (Fsp3) is 0.500. The summed E-state index contributed by atoms with van der Waals surface area (Å²) in [5.41, 5.74) is 2.01. The molecule has 1 amide bonds. The van der Waals surface area contributed by atoms with Crippen molar-refractivity contribution in [3.63, 3.8) is 0 Å². The summed E-state index contributed by atoms with van der Waals surface area (Å²) < 4.78 is 0. The molecule has 1 aliphatic rings. The first-order valence-electron chi connectivity index (χ1n) is 7.42. The molecule has 1 fully saturated rings. The minimum absolute atomic E-state index is 0. The van der Waals surface area contributed by atoms with Gasteiger partial charge in [-0.25, -0.2) is 0 Å². The third-order valence-electron chi connectivity index (χ3n) is 3.92. The number of benzene rings is 1. The van der Waals surface area contributed by atoms with Crippen molar-refractivity contribution in [2.75, 3.05) is 25.0 Å². The number of amides is 1. The van der Waals surface area contributed by atoms with Gasteiger partial charge in [0.25, 0.3) is 0 Å². The lowest BCUT2D eigenvalue weighted by atomic mass is 9.97. The minimum atomic E-state index is -0.726. The number of aliphatic carboxylic acids is 1. The molecule has 5 nitrogen and oxygen atoms in total. The number of likely N-dealkylation sites (tertiary alicyclic amines) is 1. The first-order valence-corrected chi connectivity index (χ1v) is 7.42. The second-order valence-corrected chi connectivity index (χ2v) is 5.49. The molecule has 1 heterocycles. The van der Waals surface area contributed by atoms with Gasteiger partial charge in [0.15, 0.2) is 0 Å². The summed E-state index contributed by atoms with van der Waals surface area (Å²) in [6, 6.07) is 7.83. The van der Waals surface area contributed by atoms with Gasteiger partial charge >= 0.3 is 5.97 Å². The summed E-state index contributed by atoms with van der Waals surface area (Å²) >= 11 is 0. The second-order valence-electron chi connectivity index (χ2n) is 5.49. The number of carboxylic acids is 1. The Kier molecular flexibility index (Phi) is 7.35. The van der Waals surface area contributed by atoms with Crippen LogP contribution in [0.4, 0.5) is 5.69 Å². The van der Waals surface area contributed by atoms with Crippen molar-refractivity contribution in [3.8, 4) is 0 Å². The van der Waals surface area contributed by atoms with Gasteiger partial charge in [-0.15, -0.1) is 12.4 Å². The number of anilines is 1. The van der Waals surface area contributed by atoms with E-state index in [0.29, 0.717) is 32.5 Å². The number of nitrogens with zero attached hydrogens (tertiary/aromatic N) is 1. The molecule has 2 N–H and O–H groups in total. The molecule has 6 heteroatoms. The van der Waals surface area contributed by atoms with Crippen LogP contribution in [-0.2, 0) is 16.0 Å². The van der Waals surface area contributed by atoms with E-state index < -0.39 is 5.97 Å². The Hall–Kier alpha value is -1.59. The maximum Gasteiger partial charge on any atom is 0.306 e. The van der Waals surface area contributed by atoms with Crippen molar-refractivity contribution in [1.29, 1.82) is 0 Å². The zero-order chi connectivity index (χ0) is 15.2. The van der Waals surface area contributed by atoms with Crippen molar-refractivity contribution in [2.24, 2.45) is 5.92 Å². The summed E-state index contributed by atoms with van der Waals surface area (Å²) in [5.74, 6) is -1.03. The van der Waals surface area contributed by atoms with Gasteiger partial charge in [-0.3, -0.25) is 14.5 Å². The third-order valence-corrected chi connectivity index (χ3v) is 3.92. The topological polar surface area (TPSA) is 69.6 Å². The molecular formula is C16H23ClN2O3. The van der Waals surface area contributed by atoms with E-state index in [9.17, 15) is 9.59 Å². The maximum absolute atomic E-state index is 12.0. The highest BCUT2D eigenvalue weighted by atomic mass is 35.5. The largest absolute Gasteiger partial charge is 0.481 e. The number of rotatable bonds is 5. The molecule has 1 aliphatic heterocycles. The van der Waals surface area contributed by atoms with Crippen LogP contribution in [0.5, 0.6) is 0 Å². The van der Waals surface area contributed by atoms with Crippen molar-refractivity contribution >= 4 is 30.0 Å². The fourth-order valence-corrected chi connectivity index (χ4v) is 2.61. The average molecular weight is 327 g/mol. The maximum atomic E-state index is 12.0. The number of nitrogens with one attached hydrogen (secondary N) is 1. The molecule has 122 valence electrons. The SMILES string of the molecule is CCc1cccc(NC(=O)CN2CCC(C(=O)O)CC2)c1.Cl.